The minimum atomic E-state index is -0.299. The molecule has 0 spiro atoms. The van der Waals surface area contributed by atoms with Gasteiger partial charge in [0.25, 0.3) is 5.22 Å². The molecular formula is C15H20N2O3S. The first-order chi connectivity index (χ1) is 10.1. The second-order valence-electron chi connectivity index (χ2n) is 4.98. The van der Waals surface area contributed by atoms with Crippen LogP contribution in [0.1, 0.15) is 20.3 Å². The normalized spacial score (nSPS) is 12.8. The molecule has 1 unspecified atom stereocenters. The number of rotatable bonds is 7. The zero-order chi connectivity index (χ0) is 15.2. The summed E-state index contributed by atoms with van der Waals surface area (Å²) in [6, 6.07) is 7.58. The largest absolute Gasteiger partial charge is 0.468 e. The van der Waals surface area contributed by atoms with Crippen molar-refractivity contribution in [1.29, 1.82) is 0 Å². The lowest BCUT2D eigenvalue weighted by Gasteiger charge is -2.18. The molecule has 0 amide bonds. The summed E-state index contributed by atoms with van der Waals surface area (Å²) >= 11 is 1.50. The maximum atomic E-state index is 11.7. The Balaban J connectivity index is 1.90. The molecule has 0 aliphatic rings. The fourth-order valence-electron chi connectivity index (χ4n) is 1.99. The average molecular weight is 308 g/mol. The van der Waals surface area contributed by atoms with Crippen molar-refractivity contribution in [2.45, 2.75) is 37.6 Å². The first-order valence-electron chi connectivity index (χ1n) is 6.92. The fraction of sp³-hybridized carbons (Fsp3) is 0.467. The van der Waals surface area contributed by atoms with Crippen molar-refractivity contribution in [1.82, 2.24) is 10.3 Å². The molecule has 2 rings (SSSR count). The van der Waals surface area contributed by atoms with Crippen LogP contribution in [-0.4, -0.2) is 35.9 Å². The summed E-state index contributed by atoms with van der Waals surface area (Å²) in [7, 11) is 1.41. The number of benzene rings is 1. The van der Waals surface area contributed by atoms with Crippen LogP contribution in [0.15, 0.2) is 33.9 Å². The van der Waals surface area contributed by atoms with E-state index in [-0.39, 0.29) is 18.1 Å². The number of carbonyl (C=O) groups excluding carboxylic acids is 1. The number of nitrogens with zero attached hydrogens (tertiary/aromatic N) is 1. The van der Waals surface area contributed by atoms with Gasteiger partial charge in [0.15, 0.2) is 5.58 Å². The molecule has 114 valence electrons. The number of aromatic nitrogens is 1. The lowest BCUT2D eigenvalue weighted by Crippen LogP contribution is -2.41. The van der Waals surface area contributed by atoms with Gasteiger partial charge in [0, 0.05) is 11.8 Å². The van der Waals surface area contributed by atoms with E-state index in [4.69, 9.17) is 9.15 Å². The summed E-state index contributed by atoms with van der Waals surface area (Å²) in [4.78, 5) is 16.1. The Morgan fingerprint density at radius 2 is 2.19 bits per heavy atom. The number of hydrogen-bond acceptors (Lipinski definition) is 6. The lowest BCUT2D eigenvalue weighted by molar-refractivity contribution is -0.143. The van der Waals surface area contributed by atoms with Gasteiger partial charge >= 0.3 is 5.97 Å². The quantitative estimate of drug-likeness (QED) is 0.627. The van der Waals surface area contributed by atoms with Crippen molar-refractivity contribution in [3.05, 3.63) is 24.3 Å². The highest BCUT2D eigenvalue weighted by molar-refractivity contribution is 7.99. The van der Waals surface area contributed by atoms with Crippen LogP contribution in [0.5, 0.6) is 0 Å². The van der Waals surface area contributed by atoms with Crippen molar-refractivity contribution in [3.63, 3.8) is 0 Å². The topological polar surface area (TPSA) is 64.4 Å². The second-order valence-corrected chi connectivity index (χ2v) is 6.03. The first-order valence-corrected chi connectivity index (χ1v) is 7.91. The van der Waals surface area contributed by atoms with Gasteiger partial charge < -0.3 is 14.5 Å². The van der Waals surface area contributed by atoms with Crippen LogP contribution in [0.3, 0.4) is 0 Å². The number of carbonyl (C=O) groups is 1. The molecule has 0 fully saturated rings. The average Bonchev–Trinajstić information content (AvgIpc) is 2.87. The Morgan fingerprint density at radius 3 is 2.86 bits per heavy atom. The molecule has 0 aliphatic heterocycles. The van der Waals surface area contributed by atoms with Crippen LogP contribution in [0.25, 0.3) is 11.1 Å². The highest BCUT2D eigenvalue weighted by Gasteiger charge is 2.19. The van der Waals surface area contributed by atoms with Crippen LogP contribution in [0.4, 0.5) is 0 Å². The zero-order valence-electron chi connectivity index (χ0n) is 12.5. The van der Waals surface area contributed by atoms with Gasteiger partial charge in [0.2, 0.25) is 0 Å². The number of ether oxygens (including phenoxy) is 1. The van der Waals surface area contributed by atoms with Crippen LogP contribution in [0, 0.1) is 0 Å². The van der Waals surface area contributed by atoms with Gasteiger partial charge in [0.1, 0.15) is 11.6 Å². The van der Waals surface area contributed by atoms with Crippen LogP contribution >= 0.6 is 11.8 Å². The predicted octanol–water partition coefficient (Wildman–Crippen LogP) is 2.85. The van der Waals surface area contributed by atoms with E-state index in [1.54, 1.807) is 0 Å². The molecule has 0 saturated heterocycles. The molecule has 5 nitrogen and oxygen atoms in total. The lowest BCUT2D eigenvalue weighted by atomic mass is 10.2. The van der Waals surface area contributed by atoms with E-state index >= 15 is 0 Å². The monoisotopic (exact) mass is 308 g/mol. The molecule has 1 N–H and O–H groups in total. The van der Waals surface area contributed by atoms with Crippen molar-refractivity contribution >= 4 is 28.8 Å². The number of thioether (sulfide) groups is 1. The Kier molecular flexibility index (Phi) is 5.64. The molecule has 1 atom stereocenters. The molecular weight excluding hydrogens is 288 g/mol. The second kappa shape index (κ2) is 7.47. The maximum absolute atomic E-state index is 11.7. The summed E-state index contributed by atoms with van der Waals surface area (Å²) in [6.45, 7) is 4.01. The summed E-state index contributed by atoms with van der Waals surface area (Å²) in [6.07, 6.45) is 0.661. The number of esters is 1. The summed E-state index contributed by atoms with van der Waals surface area (Å²) in [5, 5.41) is 3.83. The standard InChI is InChI=1S/C15H20N2O3S/c1-10(2)16-12(14(18)19-3)8-9-21-15-17-11-6-4-5-7-13(11)20-15/h4-7,10,12,16H,8-9H2,1-3H3. The zero-order valence-corrected chi connectivity index (χ0v) is 13.3. The number of para-hydroxylation sites is 2. The summed E-state index contributed by atoms with van der Waals surface area (Å²) in [5.41, 5.74) is 1.63. The van der Waals surface area contributed by atoms with Crippen molar-refractivity contribution in [2.24, 2.45) is 0 Å². The van der Waals surface area contributed by atoms with Gasteiger partial charge in [-0.1, -0.05) is 37.7 Å². The molecule has 1 heterocycles. The van der Waals surface area contributed by atoms with E-state index < -0.39 is 0 Å². The summed E-state index contributed by atoms with van der Waals surface area (Å²) < 4.78 is 10.4. The van der Waals surface area contributed by atoms with Gasteiger partial charge in [-0.25, -0.2) is 4.98 Å². The molecule has 21 heavy (non-hydrogen) atoms. The number of oxazole rings is 1. The van der Waals surface area contributed by atoms with E-state index in [9.17, 15) is 4.79 Å². The third-order valence-electron chi connectivity index (χ3n) is 2.93. The maximum Gasteiger partial charge on any atom is 0.322 e. The molecule has 0 saturated carbocycles. The van der Waals surface area contributed by atoms with E-state index in [1.165, 1.54) is 18.9 Å². The number of fused-ring (bicyclic) bond motifs is 1. The smallest absolute Gasteiger partial charge is 0.322 e. The molecule has 0 radical (unpaired) electrons. The minimum absolute atomic E-state index is 0.225. The number of hydrogen-bond donors (Lipinski definition) is 1. The highest BCUT2D eigenvalue weighted by atomic mass is 32.2. The SMILES string of the molecule is COC(=O)C(CCSc1nc2ccccc2o1)NC(C)C. The summed E-state index contributed by atoms with van der Waals surface area (Å²) in [5.74, 6) is 0.494. The Morgan fingerprint density at radius 1 is 1.43 bits per heavy atom. The van der Waals surface area contributed by atoms with E-state index in [0.717, 1.165) is 16.9 Å². The third kappa shape index (κ3) is 4.47. The predicted molar refractivity (Wildman–Crippen MR) is 83.4 cm³/mol. The highest BCUT2D eigenvalue weighted by Crippen LogP contribution is 2.24. The van der Waals surface area contributed by atoms with Gasteiger partial charge in [-0.05, 0) is 18.6 Å². The molecule has 2 aromatic rings. The third-order valence-corrected chi connectivity index (χ3v) is 3.79. The Hall–Kier alpha value is -1.53. The van der Waals surface area contributed by atoms with Crippen molar-refractivity contribution in [3.8, 4) is 0 Å². The van der Waals surface area contributed by atoms with Gasteiger partial charge in [-0.2, -0.15) is 0 Å². The molecule has 0 bridgehead atoms. The molecule has 6 heteroatoms. The Labute approximate surface area is 128 Å². The van der Waals surface area contributed by atoms with Crippen LogP contribution in [-0.2, 0) is 9.53 Å². The van der Waals surface area contributed by atoms with Gasteiger partial charge in [0.05, 0.1) is 7.11 Å². The van der Waals surface area contributed by atoms with Crippen LogP contribution < -0.4 is 5.32 Å². The van der Waals surface area contributed by atoms with E-state index in [0.29, 0.717) is 11.6 Å². The van der Waals surface area contributed by atoms with E-state index in [1.807, 2.05) is 38.1 Å². The Bertz CT molecular complexity index is 564. The van der Waals surface area contributed by atoms with Gasteiger partial charge in [-0.3, -0.25) is 4.79 Å². The minimum Gasteiger partial charge on any atom is -0.468 e. The van der Waals surface area contributed by atoms with E-state index in [2.05, 4.69) is 10.3 Å². The van der Waals surface area contributed by atoms with Crippen molar-refractivity contribution in [2.75, 3.05) is 12.9 Å². The van der Waals surface area contributed by atoms with Gasteiger partial charge in [-0.15, -0.1) is 0 Å². The first kappa shape index (κ1) is 15.9. The fourth-order valence-corrected chi connectivity index (χ4v) is 2.83. The molecule has 1 aromatic heterocycles. The van der Waals surface area contributed by atoms with Crippen molar-refractivity contribution < 1.29 is 13.9 Å². The van der Waals surface area contributed by atoms with Crippen LogP contribution in [0.2, 0.25) is 0 Å². The number of methoxy groups -OCH3 is 1. The molecule has 1 aromatic carbocycles. The molecule has 0 aliphatic carbocycles. The number of nitrogens with one attached hydrogen (secondary N) is 1.